The smallest absolute Gasteiger partial charge is 0.306 e. The highest BCUT2D eigenvalue weighted by Crippen LogP contribution is 2.17. The Morgan fingerprint density at radius 1 is 0.297 bits per heavy atom. The van der Waals surface area contributed by atoms with Crippen LogP contribution in [0.3, 0.4) is 0 Å². The molecule has 378 valence electrons. The molecule has 0 aromatic heterocycles. The largest absolute Gasteiger partial charge is 0.462 e. The highest BCUT2D eigenvalue weighted by molar-refractivity contribution is 5.71. The van der Waals surface area contributed by atoms with E-state index in [2.05, 4.69) is 32.9 Å². The van der Waals surface area contributed by atoms with E-state index in [4.69, 9.17) is 14.2 Å². The van der Waals surface area contributed by atoms with Gasteiger partial charge in [0.1, 0.15) is 13.2 Å². The van der Waals surface area contributed by atoms with E-state index in [9.17, 15) is 14.4 Å². The van der Waals surface area contributed by atoms with Crippen LogP contribution in [0.15, 0.2) is 12.2 Å². The van der Waals surface area contributed by atoms with Gasteiger partial charge in [0.25, 0.3) is 0 Å². The minimum atomic E-state index is -0.762. The van der Waals surface area contributed by atoms with Crippen LogP contribution < -0.4 is 0 Å². The van der Waals surface area contributed by atoms with Crippen molar-refractivity contribution < 1.29 is 28.6 Å². The molecule has 6 heteroatoms. The molecular formula is C58H110O6. The van der Waals surface area contributed by atoms with Crippen LogP contribution in [-0.4, -0.2) is 37.2 Å². The van der Waals surface area contributed by atoms with E-state index in [1.165, 1.54) is 225 Å². The molecule has 0 rings (SSSR count). The van der Waals surface area contributed by atoms with Gasteiger partial charge in [-0.2, -0.15) is 0 Å². The third-order valence-corrected chi connectivity index (χ3v) is 13.0. The monoisotopic (exact) mass is 903 g/mol. The van der Waals surface area contributed by atoms with E-state index in [0.29, 0.717) is 19.3 Å². The second-order valence-electron chi connectivity index (χ2n) is 19.6. The van der Waals surface area contributed by atoms with E-state index < -0.39 is 6.10 Å². The molecule has 0 spiro atoms. The first-order chi connectivity index (χ1) is 31.5. The van der Waals surface area contributed by atoms with E-state index in [1.807, 2.05) is 0 Å². The number of rotatable bonds is 53. The summed E-state index contributed by atoms with van der Waals surface area (Å²) in [6.07, 6.45) is 60.8. The maximum Gasteiger partial charge on any atom is 0.306 e. The Bertz CT molecular complexity index is 993. The fraction of sp³-hybridized carbons (Fsp3) is 0.914. The lowest BCUT2D eigenvalue weighted by Gasteiger charge is -2.18. The first kappa shape index (κ1) is 62.1. The molecule has 64 heavy (non-hydrogen) atoms. The van der Waals surface area contributed by atoms with Crippen molar-refractivity contribution in [2.24, 2.45) is 0 Å². The molecule has 0 aliphatic heterocycles. The van der Waals surface area contributed by atoms with E-state index in [-0.39, 0.29) is 31.1 Å². The number of hydrogen-bond donors (Lipinski definition) is 0. The molecule has 0 amide bonds. The predicted octanol–water partition coefficient (Wildman–Crippen LogP) is 18.9. The fourth-order valence-electron chi connectivity index (χ4n) is 8.68. The van der Waals surface area contributed by atoms with Crippen molar-refractivity contribution in [2.45, 2.75) is 329 Å². The average Bonchev–Trinajstić information content (AvgIpc) is 3.29. The maximum absolute atomic E-state index is 12.8. The summed E-state index contributed by atoms with van der Waals surface area (Å²) in [6.45, 7) is 6.66. The Hall–Kier alpha value is -1.85. The molecule has 0 aromatic rings. The van der Waals surface area contributed by atoms with Crippen LogP contribution in [0.5, 0.6) is 0 Å². The maximum atomic E-state index is 12.8. The van der Waals surface area contributed by atoms with Crippen LogP contribution in [0.25, 0.3) is 0 Å². The van der Waals surface area contributed by atoms with Gasteiger partial charge in [-0.25, -0.2) is 0 Å². The molecule has 0 heterocycles. The lowest BCUT2D eigenvalue weighted by atomic mass is 10.0. The number of hydrogen-bond acceptors (Lipinski definition) is 6. The van der Waals surface area contributed by atoms with Crippen molar-refractivity contribution in [3.8, 4) is 0 Å². The number of ether oxygens (including phenoxy) is 3. The minimum Gasteiger partial charge on any atom is -0.462 e. The van der Waals surface area contributed by atoms with Crippen LogP contribution in [-0.2, 0) is 28.6 Å². The third-order valence-electron chi connectivity index (χ3n) is 13.0. The van der Waals surface area contributed by atoms with Gasteiger partial charge in [0.05, 0.1) is 0 Å². The number of carbonyl (C=O) groups excluding carboxylic acids is 3. The summed E-state index contributed by atoms with van der Waals surface area (Å²) in [5.74, 6) is -0.847. The zero-order valence-electron chi connectivity index (χ0n) is 43.3. The normalized spacial score (nSPS) is 12.0. The second kappa shape index (κ2) is 53.8. The van der Waals surface area contributed by atoms with Gasteiger partial charge in [0.2, 0.25) is 0 Å². The summed E-state index contributed by atoms with van der Waals surface area (Å²) in [5.41, 5.74) is 0. The summed E-state index contributed by atoms with van der Waals surface area (Å²) >= 11 is 0. The van der Waals surface area contributed by atoms with Crippen molar-refractivity contribution in [1.29, 1.82) is 0 Å². The topological polar surface area (TPSA) is 78.9 Å². The molecule has 0 saturated carbocycles. The summed E-state index contributed by atoms with van der Waals surface area (Å²) in [7, 11) is 0. The number of allylic oxidation sites excluding steroid dienone is 2. The molecule has 1 atom stereocenters. The molecule has 0 saturated heterocycles. The van der Waals surface area contributed by atoms with Crippen molar-refractivity contribution in [3.05, 3.63) is 12.2 Å². The van der Waals surface area contributed by atoms with Crippen molar-refractivity contribution in [2.75, 3.05) is 13.2 Å². The lowest BCUT2D eigenvalue weighted by Crippen LogP contribution is -2.30. The number of carbonyl (C=O) groups is 3. The molecule has 0 aliphatic rings. The van der Waals surface area contributed by atoms with E-state index in [0.717, 1.165) is 57.8 Å². The predicted molar refractivity (Wildman–Crippen MR) is 275 cm³/mol. The van der Waals surface area contributed by atoms with Gasteiger partial charge in [-0.3, -0.25) is 14.4 Å². The molecule has 0 aliphatic carbocycles. The van der Waals surface area contributed by atoms with Crippen LogP contribution in [0, 0.1) is 0 Å². The highest BCUT2D eigenvalue weighted by Gasteiger charge is 2.19. The quantitative estimate of drug-likeness (QED) is 0.0262. The average molecular weight is 904 g/mol. The van der Waals surface area contributed by atoms with Crippen molar-refractivity contribution in [3.63, 3.8) is 0 Å². The van der Waals surface area contributed by atoms with E-state index >= 15 is 0 Å². The molecule has 0 bridgehead atoms. The summed E-state index contributed by atoms with van der Waals surface area (Å²) in [6, 6.07) is 0. The molecule has 0 radical (unpaired) electrons. The molecule has 1 unspecified atom stereocenters. The summed E-state index contributed by atoms with van der Waals surface area (Å²) in [4.78, 5) is 37.9. The highest BCUT2D eigenvalue weighted by atomic mass is 16.6. The summed E-state index contributed by atoms with van der Waals surface area (Å²) < 4.78 is 16.8. The first-order valence-electron chi connectivity index (χ1n) is 28.7. The van der Waals surface area contributed by atoms with Gasteiger partial charge >= 0.3 is 17.9 Å². The van der Waals surface area contributed by atoms with Crippen LogP contribution in [0.4, 0.5) is 0 Å². The van der Waals surface area contributed by atoms with Gasteiger partial charge in [0, 0.05) is 19.3 Å². The Labute approximate surface area is 399 Å². The molecule has 0 aromatic carbocycles. The second-order valence-corrected chi connectivity index (χ2v) is 19.6. The number of unbranched alkanes of at least 4 members (excludes halogenated alkanes) is 40. The summed E-state index contributed by atoms with van der Waals surface area (Å²) in [5, 5.41) is 0. The zero-order chi connectivity index (χ0) is 46.5. The van der Waals surface area contributed by atoms with Gasteiger partial charge in [0.15, 0.2) is 6.10 Å². The zero-order valence-corrected chi connectivity index (χ0v) is 43.3. The Morgan fingerprint density at radius 3 is 0.781 bits per heavy atom. The molecule has 0 N–H and O–H groups in total. The SMILES string of the molecule is CCCCCCCCCC/C=C\CCCCCCCCCCCCCCCC(=O)OCC(COC(=O)CCCCCCCCCCCC)OC(=O)CCCCCCCCCCCCC. The van der Waals surface area contributed by atoms with Crippen molar-refractivity contribution in [1.82, 2.24) is 0 Å². The fourth-order valence-corrected chi connectivity index (χ4v) is 8.68. The van der Waals surface area contributed by atoms with Crippen molar-refractivity contribution >= 4 is 17.9 Å². The first-order valence-corrected chi connectivity index (χ1v) is 28.7. The van der Waals surface area contributed by atoms with Gasteiger partial charge in [-0.1, -0.05) is 270 Å². The van der Waals surface area contributed by atoms with Crippen LogP contribution in [0.2, 0.25) is 0 Å². The van der Waals surface area contributed by atoms with E-state index in [1.54, 1.807) is 0 Å². The van der Waals surface area contributed by atoms with Gasteiger partial charge in [-0.15, -0.1) is 0 Å². The van der Waals surface area contributed by atoms with Crippen LogP contribution >= 0.6 is 0 Å². The van der Waals surface area contributed by atoms with Crippen LogP contribution in [0.1, 0.15) is 323 Å². The standard InChI is InChI=1S/C58H110O6/c1-4-7-10-13-16-19-22-23-24-25-26-27-28-29-30-31-32-33-34-35-37-39-42-45-48-51-57(60)63-54-55(53-62-56(59)50-47-44-41-38-21-18-15-12-9-6-3)64-58(61)52-49-46-43-40-36-20-17-14-11-8-5-2/h25-26,55H,4-24,27-54H2,1-3H3/b26-25-. The van der Waals surface area contributed by atoms with Gasteiger partial charge < -0.3 is 14.2 Å². The molecule has 0 fully saturated rings. The third kappa shape index (κ3) is 51.1. The number of esters is 3. The Morgan fingerprint density at radius 2 is 0.516 bits per heavy atom. The Kier molecular flexibility index (Phi) is 52.2. The Balaban J connectivity index is 4.11. The van der Waals surface area contributed by atoms with Gasteiger partial charge in [-0.05, 0) is 44.9 Å². The lowest BCUT2D eigenvalue weighted by molar-refractivity contribution is -0.167. The molecular weight excluding hydrogens is 793 g/mol. The minimum absolute atomic E-state index is 0.0643. The molecule has 6 nitrogen and oxygen atoms in total.